The molecule has 3 aromatic carbocycles. The number of thioether (sulfide) groups is 1. The molecule has 0 radical (unpaired) electrons. The van der Waals surface area contributed by atoms with Gasteiger partial charge in [0, 0.05) is 11.8 Å². The minimum Gasteiger partial charge on any atom is -0.454 e. The van der Waals surface area contributed by atoms with Gasteiger partial charge in [-0.3, -0.25) is 14.2 Å². The summed E-state index contributed by atoms with van der Waals surface area (Å²) in [4.78, 5) is 30.4. The highest BCUT2D eigenvalue weighted by Gasteiger charge is 2.16. The number of aromatic nitrogens is 2. The average Bonchev–Trinajstić information content (AvgIpc) is 3.28. The minimum absolute atomic E-state index is 0.105. The highest BCUT2D eigenvalue weighted by atomic mass is 32.2. The molecule has 0 bridgehead atoms. The molecule has 32 heavy (non-hydrogen) atoms. The molecule has 8 heteroatoms. The van der Waals surface area contributed by atoms with Gasteiger partial charge in [-0.1, -0.05) is 54.2 Å². The Morgan fingerprint density at radius 3 is 2.66 bits per heavy atom. The Hall–Kier alpha value is -3.78. The first-order chi connectivity index (χ1) is 15.7. The van der Waals surface area contributed by atoms with E-state index in [0.29, 0.717) is 39.8 Å². The summed E-state index contributed by atoms with van der Waals surface area (Å²) in [6.07, 6.45) is 0. The number of ether oxygens (including phenoxy) is 2. The quantitative estimate of drug-likeness (QED) is 0.358. The molecular formula is C24H19N3O4S. The van der Waals surface area contributed by atoms with E-state index in [1.165, 1.54) is 11.8 Å². The molecule has 0 aliphatic carbocycles. The van der Waals surface area contributed by atoms with Gasteiger partial charge in [0.2, 0.25) is 12.7 Å². The highest BCUT2D eigenvalue weighted by molar-refractivity contribution is 7.99. The van der Waals surface area contributed by atoms with Crippen LogP contribution in [0.4, 0.5) is 5.69 Å². The van der Waals surface area contributed by atoms with Crippen LogP contribution in [0.25, 0.3) is 10.9 Å². The second-order valence-electron chi connectivity index (χ2n) is 7.19. The van der Waals surface area contributed by atoms with E-state index in [1.807, 2.05) is 42.5 Å². The molecule has 160 valence electrons. The number of rotatable bonds is 6. The van der Waals surface area contributed by atoms with Crippen molar-refractivity contribution in [3.05, 3.63) is 88.7 Å². The van der Waals surface area contributed by atoms with Gasteiger partial charge < -0.3 is 14.8 Å². The van der Waals surface area contributed by atoms with Gasteiger partial charge in [0.1, 0.15) is 0 Å². The predicted molar refractivity (Wildman–Crippen MR) is 123 cm³/mol. The van der Waals surface area contributed by atoms with E-state index in [0.717, 1.165) is 5.56 Å². The smallest absolute Gasteiger partial charge is 0.262 e. The Bertz CT molecular complexity index is 1350. The van der Waals surface area contributed by atoms with Gasteiger partial charge >= 0.3 is 0 Å². The standard InChI is InChI=1S/C24H19N3O4S/c28-22(25-17-10-11-20-21(12-17)31-15-30-20)14-32-24-26-19-9-5-4-8-18(19)23(29)27(24)13-16-6-2-1-3-7-16/h1-12H,13-15H2,(H,25,28). The lowest BCUT2D eigenvalue weighted by Gasteiger charge is -2.13. The molecule has 0 saturated heterocycles. The second-order valence-corrected chi connectivity index (χ2v) is 8.14. The highest BCUT2D eigenvalue weighted by Crippen LogP contribution is 2.34. The molecule has 1 aliphatic rings. The molecule has 1 amide bonds. The van der Waals surface area contributed by atoms with Crippen molar-refractivity contribution in [2.75, 3.05) is 17.9 Å². The number of hydrogen-bond acceptors (Lipinski definition) is 6. The lowest BCUT2D eigenvalue weighted by molar-refractivity contribution is -0.113. The van der Waals surface area contributed by atoms with E-state index in [-0.39, 0.29) is 24.0 Å². The summed E-state index contributed by atoms with van der Waals surface area (Å²) >= 11 is 1.23. The molecule has 1 aliphatic heterocycles. The van der Waals surface area contributed by atoms with Crippen LogP contribution in [0.1, 0.15) is 5.56 Å². The first-order valence-corrected chi connectivity index (χ1v) is 11.0. The molecular weight excluding hydrogens is 426 g/mol. The van der Waals surface area contributed by atoms with Crippen LogP contribution in [0.15, 0.2) is 82.7 Å². The first-order valence-electron chi connectivity index (χ1n) is 10.0. The molecule has 1 aromatic heterocycles. The summed E-state index contributed by atoms with van der Waals surface area (Å²) in [6, 6.07) is 22.2. The lowest BCUT2D eigenvalue weighted by Crippen LogP contribution is -2.24. The third-order valence-corrected chi connectivity index (χ3v) is 5.98. The number of anilines is 1. The number of fused-ring (bicyclic) bond motifs is 2. The summed E-state index contributed by atoms with van der Waals surface area (Å²) in [7, 11) is 0. The molecule has 1 N–H and O–H groups in total. The number of benzene rings is 3. The summed E-state index contributed by atoms with van der Waals surface area (Å²) in [6.45, 7) is 0.554. The Morgan fingerprint density at radius 2 is 1.78 bits per heavy atom. The van der Waals surface area contributed by atoms with Crippen LogP contribution >= 0.6 is 11.8 Å². The number of nitrogens with one attached hydrogen (secondary N) is 1. The predicted octanol–water partition coefficient (Wildman–Crippen LogP) is 3.90. The number of nitrogens with zero attached hydrogens (tertiary/aromatic N) is 2. The zero-order valence-corrected chi connectivity index (χ0v) is 17.8. The fraction of sp³-hybridized carbons (Fsp3) is 0.125. The normalized spacial score (nSPS) is 12.1. The first kappa shape index (κ1) is 20.1. The lowest BCUT2D eigenvalue weighted by atomic mass is 10.2. The molecule has 2 heterocycles. The molecule has 0 spiro atoms. The maximum atomic E-state index is 13.2. The van der Waals surface area contributed by atoms with Crippen LogP contribution in [0, 0.1) is 0 Å². The van der Waals surface area contributed by atoms with Crippen molar-refractivity contribution < 1.29 is 14.3 Å². The van der Waals surface area contributed by atoms with E-state index in [1.54, 1.807) is 34.9 Å². The van der Waals surface area contributed by atoms with Gasteiger partial charge in [-0.05, 0) is 29.8 Å². The van der Waals surface area contributed by atoms with Gasteiger partial charge in [0.15, 0.2) is 16.7 Å². The van der Waals surface area contributed by atoms with Crippen LogP contribution in [0.3, 0.4) is 0 Å². The largest absolute Gasteiger partial charge is 0.454 e. The molecule has 7 nitrogen and oxygen atoms in total. The summed E-state index contributed by atoms with van der Waals surface area (Å²) < 4.78 is 12.3. The fourth-order valence-corrected chi connectivity index (χ4v) is 4.26. The van der Waals surface area contributed by atoms with E-state index < -0.39 is 0 Å². The molecule has 0 atom stereocenters. The topological polar surface area (TPSA) is 82.5 Å². The molecule has 0 fully saturated rings. The third kappa shape index (κ3) is 4.17. The number of para-hydroxylation sites is 1. The van der Waals surface area contributed by atoms with E-state index in [4.69, 9.17) is 9.47 Å². The van der Waals surface area contributed by atoms with Gasteiger partial charge in [-0.25, -0.2) is 4.98 Å². The van der Waals surface area contributed by atoms with Gasteiger partial charge in [0.25, 0.3) is 5.56 Å². The van der Waals surface area contributed by atoms with Gasteiger partial charge in [-0.2, -0.15) is 0 Å². The minimum atomic E-state index is -0.206. The Morgan fingerprint density at radius 1 is 1.00 bits per heavy atom. The zero-order chi connectivity index (χ0) is 21.9. The van der Waals surface area contributed by atoms with Crippen molar-refractivity contribution >= 4 is 34.3 Å². The van der Waals surface area contributed by atoms with Crippen LogP contribution in [-0.4, -0.2) is 28.0 Å². The number of amides is 1. The maximum absolute atomic E-state index is 13.2. The zero-order valence-electron chi connectivity index (χ0n) is 17.0. The van der Waals surface area contributed by atoms with Crippen molar-refractivity contribution in [1.82, 2.24) is 9.55 Å². The molecule has 5 rings (SSSR count). The van der Waals surface area contributed by atoms with E-state index in [2.05, 4.69) is 10.3 Å². The molecule has 0 saturated carbocycles. The van der Waals surface area contributed by atoms with Crippen LogP contribution in [-0.2, 0) is 11.3 Å². The van der Waals surface area contributed by atoms with Crippen LogP contribution < -0.4 is 20.3 Å². The summed E-state index contributed by atoms with van der Waals surface area (Å²) in [5.41, 5.74) is 2.09. The Kier molecular flexibility index (Phi) is 5.51. The van der Waals surface area contributed by atoms with Crippen molar-refractivity contribution in [3.63, 3.8) is 0 Å². The average molecular weight is 446 g/mol. The summed E-state index contributed by atoms with van der Waals surface area (Å²) in [5.74, 6) is 1.15. The van der Waals surface area contributed by atoms with Crippen molar-refractivity contribution in [2.45, 2.75) is 11.7 Å². The van der Waals surface area contributed by atoms with Gasteiger partial charge in [0.05, 0.1) is 23.2 Å². The fourth-order valence-electron chi connectivity index (χ4n) is 3.46. The molecule has 4 aromatic rings. The van der Waals surface area contributed by atoms with E-state index in [9.17, 15) is 9.59 Å². The molecule has 0 unspecified atom stereocenters. The monoisotopic (exact) mass is 445 g/mol. The van der Waals surface area contributed by atoms with Crippen LogP contribution in [0.2, 0.25) is 0 Å². The SMILES string of the molecule is O=C(CSc1nc2ccccc2c(=O)n1Cc1ccccc1)Nc1ccc2c(c1)OCO2. The Balaban J connectivity index is 1.38. The van der Waals surface area contributed by atoms with Crippen LogP contribution in [0.5, 0.6) is 11.5 Å². The number of carbonyl (C=O) groups excluding carboxylic acids is 1. The van der Waals surface area contributed by atoms with Crippen molar-refractivity contribution in [2.24, 2.45) is 0 Å². The van der Waals surface area contributed by atoms with Crippen molar-refractivity contribution in [1.29, 1.82) is 0 Å². The number of carbonyl (C=O) groups is 1. The van der Waals surface area contributed by atoms with Gasteiger partial charge in [-0.15, -0.1) is 0 Å². The second kappa shape index (κ2) is 8.76. The number of hydrogen-bond donors (Lipinski definition) is 1. The van der Waals surface area contributed by atoms with E-state index >= 15 is 0 Å². The maximum Gasteiger partial charge on any atom is 0.262 e. The van der Waals surface area contributed by atoms with Crippen molar-refractivity contribution in [3.8, 4) is 11.5 Å². The summed E-state index contributed by atoms with van der Waals surface area (Å²) in [5, 5.41) is 3.90. The third-order valence-electron chi connectivity index (χ3n) is 5.00. The Labute approximate surface area is 188 Å².